The van der Waals surface area contributed by atoms with Crippen molar-refractivity contribution in [3.05, 3.63) is 78.0 Å². The maximum Gasteiger partial charge on any atom is 0.339 e. The van der Waals surface area contributed by atoms with E-state index in [9.17, 15) is 9.59 Å². The Hall–Kier alpha value is -3.87. The molecule has 0 aliphatic carbocycles. The van der Waals surface area contributed by atoms with Crippen LogP contribution in [-0.4, -0.2) is 30.6 Å². The number of carbonyl (C=O) groups excluding carboxylic acids is 2. The molecule has 1 aromatic heterocycles. The number of benzene rings is 2. The standard InChI is InChI=1S/C22H21N3O4/c1-3-29-19-11-7-6-10-18(19)25-21(26)15-12-13-23-20(14-15)24-17-9-5-4-8-16(17)22(27)28-2/h4-14H,3H2,1-2H3,(H,23,24)(H,25,26). The molecule has 0 saturated carbocycles. The molecule has 7 heteroatoms. The first-order chi connectivity index (χ1) is 14.1. The second-order valence-electron chi connectivity index (χ2n) is 5.98. The van der Waals surface area contributed by atoms with Crippen molar-refractivity contribution in [2.24, 2.45) is 0 Å². The van der Waals surface area contributed by atoms with Gasteiger partial charge in [0.1, 0.15) is 11.6 Å². The number of amides is 1. The lowest BCUT2D eigenvalue weighted by Crippen LogP contribution is -2.13. The summed E-state index contributed by atoms with van der Waals surface area (Å²) < 4.78 is 10.3. The van der Waals surface area contributed by atoms with Crippen molar-refractivity contribution in [1.82, 2.24) is 4.98 Å². The van der Waals surface area contributed by atoms with Crippen molar-refractivity contribution in [3.63, 3.8) is 0 Å². The van der Waals surface area contributed by atoms with Crippen LogP contribution in [0.1, 0.15) is 27.6 Å². The lowest BCUT2D eigenvalue weighted by Gasteiger charge is -2.12. The third kappa shape index (κ3) is 4.90. The highest BCUT2D eigenvalue weighted by Crippen LogP contribution is 2.25. The molecular formula is C22H21N3O4. The number of aromatic nitrogens is 1. The summed E-state index contributed by atoms with van der Waals surface area (Å²) in [4.78, 5) is 28.9. The van der Waals surface area contributed by atoms with E-state index in [-0.39, 0.29) is 5.91 Å². The molecule has 0 fully saturated rings. The first-order valence-electron chi connectivity index (χ1n) is 9.06. The Morgan fingerprint density at radius 2 is 1.72 bits per heavy atom. The monoisotopic (exact) mass is 391 g/mol. The van der Waals surface area contributed by atoms with E-state index in [0.29, 0.717) is 40.7 Å². The fraction of sp³-hybridized carbons (Fsp3) is 0.136. The van der Waals surface area contributed by atoms with Crippen LogP contribution in [0.4, 0.5) is 17.2 Å². The molecule has 0 aliphatic heterocycles. The van der Waals surface area contributed by atoms with Gasteiger partial charge < -0.3 is 20.1 Å². The van der Waals surface area contributed by atoms with E-state index in [1.54, 1.807) is 48.5 Å². The first kappa shape index (κ1) is 19.9. The van der Waals surface area contributed by atoms with Gasteiger partial charge in [0.25, 0.3) is 5.91 Å². The van der Waals surface area contributed by atoms with Gasteiger partial charge in [-0.15, -0.1) is 0 Å². The molecule has 148 valence electrons. The molecular weight excluding hydrogens is 370 g/mol. The normalized spacial score (nSPS) is 10.1. The van der Waals surface area contributed by atoms with E-state index in [1.807, 2.05) is 19.1 Å². The number of para-hydroxylation sites is 3. The molecule has 0 spiro atoms. The second-order valence-corrected chi connectivity index (χ2v) is 5.98. The zero-order valence-electron chi connectivity index (χ0n) is 16.1. The Morgan fingerprint density at radius 1 is 1.00 bits per heavy atom. The number of nitrogens with zero attached hydrogens (tertiary/aromatic N) is 1. The van der Waals surface area contributed by atoms with Gasteiger partial charge in [-0.2, -0.15) is 0 Å². The van der Waals surface area contributed by atoms with Crippen LogP contribution in [0, 0.1) is 0 Å². The van der Waals surface area contributed by atoms with Crippen LogP contribution in [0.25, 0.3) is 0 Å². The third-order valence-corrected chi connectivity index (χ3v) is 4.05. The summed E-state index contributed by atoms with van der Waals surface area (Å²) in [6, 6.07) is 17.4. The molecule has 3 aromatic rings. The van der Waals surface area contributed by atoms with Crippen molar-refractivity contribution in [1.29, 1.82) is 0 Å². The minimum absolute atomic E-state index is 0.302. The Balaban J connectivity index is 1.80. The highest BCUT2D eigenvalue weighted by atomic mass is 16.5. The first-order valence-corrected chi connectivity index (χ1v) is 9.06. The van der Waals surface area contributed by atoms with Gasteiger partial charge in [-0.1, -0.05) is 24.3 Å². The van der Waals surface area contributed by atoms with Crippen molar-refractivity contribution in [3.8, 4) is 5.75 Å². The predicted octanol–water partition coefficient (Wildman–Crippen LogP) is 4.26. The van der Waals surface area contributed by atoms with Gasteiger partial charge in [0, 0.05) is 11.8 Å². The Kier molecular flexibility index (Phi) is 6.42. The summed E-state index contributed by atoms with van der Waals surface area (Å²) in [6.45, 7) is 2.38. The van der Waals surface area contributed by atoms with Crippen LogP contribution in [-0.2, 0) is 4.74 Å². The van der Waals surface area contributed by atoms with E-state index in [4.69, 9.17) is 9.47 Å². The molecule has 29 heavy (non-hydrogen) atoms. The average Bonchev–Trinajstić information content (AvgIpc) is 2.75. The number of carbonyl (C=O) groups is 2. The van der Waals surface area contributed by atoms with Gasteiger partial charge >= 0.3 is 5.97 Å². The van der Waals surface area contributed by atoms with Crippen LogP contribution in [0.2, 0.25) is 0 Å². The summed E-state index contributed by atoms with van der Waals surface area (Å²) in [7, 11) is 1.32. The molecule has 0 radical (unpaired) electrons. The fourth-order valence-electron chi connectivity index (χ4n) is 2.70. The minimum atomic E-state index is -0.463. The van der Waals surface area contributed by atoms with Gasteiger partial charge in [0.05, 0.1) is 30.7 Å². The van der Waals surface area contributed by atoms with Crippen molar-refractivity contribution < 1.29 is 19.1 Å². The van der Waals surface area contributed by atoms with Crippen molar-refractivity contribution in [2.75, 3.05) is 24.4 Å². The maximum absolute atomic E-state index is 12.7. The number of hydrogen-bond donors (Lipinski definition) is 2. The summed E-state index contributed by atoms with van der Waals surface area (Å²) >= 11 is 0. The number of esters is 1. The number of pyridine rings is 1. The zero-order valence-corrected chi connectivity index (χ0v) is 16.1. The van der Waals surface area contributed by atoms with Crippen LogP contribution in [0.3, 0.4) is 0 Å². The van der Waals surface area contributed by atoms with Crippen LogP contribution in [0.5, 0.6) is 5.75 Å². The van der Waals surface area contributed by atoms with E-state index in [0.717, 1.165) is 0 Å². The lowest BCUT2D eigenvalue weighted by molar-refractivity contribution is 0.0601. The number of ether oxygens (including phenoxy) is 2. The number of anilines is 3. The quantitative estimate of drug-likeness (QED) is 0.585. The second kappa shape index (κ2) is 9.36. The Labute approximate surface area is 168 Å². The topological polar surface area (TPSA) is 89.5 Å². The lowest BCUT2D eigenvalue weighted by atomic mass is 10.1. The molecule has 0 aliphatic rings. The molecule has 1 heterocycles. The van der Waals surface area contributed by atoms with Crippen molar-refractivity contribution >= 4 is 29.1 Å². The Bertz CT molecular complexity index is 1020. The van der Waals surface area contributed by atoms with E-state index in [1.165, 1.54) is 13.3 Å². The van der Waals surface area contributed by atoms with Crippen molar-refractivity contribution in [2.45, 2.75) is 6.92 Å². The molecule has 3 rings (SSSR count). The third-order valence-electron chi connectivity index (χ3n) is 4.05. The van der Waals surface area contributed by atoms with Crippen LogP contribution in [0.15, 0.2) is 66.9 Å². The predicted molar refractivity (Wildman–Crippen MR) is 111 cm³/mol. The number of nitrogens with one attached hydrogen (secondary N) is 2. The molecule has 0 saturated heterocycles. The molecule has 0 unspecified atom stereocenters. The highest BCUT2D eigenvalue weighted by molar-refractivity contribution is 6.05. The minimum Gasteiger partial charge on any atom is -0.492 e. The summed E-state index contributed by atoms with van der Waals surface area (Å²) in [5, 5.41) is 5.91. The van der Waals surface area contributed by atoms with Gasteiger partial charge in [-0.3, -0.25) is 4.79 Å². The van der Waals surface area contributed by atoms with Crippen LogP contribution < -0.4 is 15.4 Å². The number of hydrogen-bond acceptors (Lipinski definition) is 6. The van der Waals surface area contributed by atoms with E-state index in [2.05, 4.69) is 15.6 Å². The van der Waals surface area contributed by atoms with E-state index < -0.39 is 5.97 Å². The van der Waals surface area contributed by atoms with E-state index >= 15 is 0 Å². The van der Waals surface area contributed by atoms with Crippen LogP contribution >= 0.6 is 0 Å². The smallest absolute Gasteiger partial charge is 0.339 e. The molecule has 2 aromatic carbocycles. The van der Waals surface area contributed by atoms with Gasteiger partial charge in [-0.25, -0.2) is 9.78 Å². The SMILES string of the molecule is CCOc1ccccc1NC(=O)c1ccnc(Nc2ccccc2C(=O)OC)c1. The maximum atomic E-state index is 12.7. The molecule has 1 amide bonds. The molecule has 0 atom stereocenters. The average molecular weight is 391 g/mol. The largest absolute Gasteiger partial charge is 0.492 e. The zero-order chi connectivity index (χ0) is 20.6. The summed E-state index contributed by atoms with van der Waals surface area (Å²) in [5.41, 5.74) is 1.90. The summed E-state index contributed by atoms with van der Waals surface area (Å²) in [6.07, 6.45) is 1.52. The fourth-order valence-corrected chi connectivity index (χ4v) is 2.70. The molecule has 7 nitrogen and oxygen atoms in total. The molecule has 2 N–H and O–H groups in total. The number of methoxy groups -OCH3 is 1. The Morgan fingerprint density at radius 3 is 2.48 bits per heavy atom. The van der Waals surface area contributed by atoms with Gasteiger partial charge in [-0.05, 0) is 43.3 Å². The van der Waals surface area contributed by atoms with Gasteiger partial charge in [0.15, 0.2) is 0 Å². The molecule has 0 bridgehead atoms. The van der Waals surface area contributed by atoms with Gasteiger partial charge in [0.2, 0.25) is 0 Å². The summed E-state index contributed by atoms with van der Waals surface area (Å²) in [5.74, 6) is 0.258. The number of rotatable bonds is 7. The highest BCUT2D eigenvalue weighted by Gasteiger charge is 2.14.